The fourth-order valence-corrected chi connectivity index (χ4v) is 2.20. The molecule has 2 rings (SSSR count). The zero-order chi connectivity index (χ0) is 15.4. The highest BCUT2D eigenvalue weighted by Crippen LogP contribution is 2.23. The predicted molar refractivity (Wildman–Crippen MR) is 80.5 cm³/mol. The van der Waals surface area contributed by atoms with Gasteiger partial charge in [-0.1, -0.05) is 41.9 Å². The molecule has 0 aliphatic carbocycles. The average molecular weight is 305 g/mol. The molecule has 2 aromatic rings. The lowest BCUT2D eigenvalue weighted by Gasteiger charge is -2.08. The van der Waals surface area contributed by atoms with Crippen LogP contribution in [0.3, 0.4) is 0 Å². The second-order valence-corrected chi connectivity index (χ2v) is 4.91. The molecule has 5 nitrogen and oxygen atoms in total. The van der Waals surface area contributed by atoms with Gasteiger partial charge < -0.3 is 5.32 Å². The molecule has 0 spiro atoms. The molecule has 21 heavy (non-hydrogen) atoms. The zero-order valence-corrected chi connectivity index (χ0v) is 12.1. The quantitative estimate of drug-likeness (QED) is 0.694. The zero-order valence-electron chi connectivity index (χ0n) is 11.3. The average Bonchev–Trinajstić information content (AvgIpc) is 2.45. The number of benzene rings is 2. The van der Waals surface area contributed by atoms with Gasteiger partial charge in [-0.2, -0.15) is 0 Å². The molecule has 0 aliphatic heterocycles. The van der Waals surface area contributed by atoms with E-state index >= 15 is 0 Å². The van der Waals surface area contributed by atoms with Crippen molar-refractivity contribution >= 4 is 23.2 Å². The van der Waals surface area contributed by atoms with Crippen LogP contribution in [0.2, 0.25) is 5.02 Å². The van der Waals surface area contributed by atoms with Gasteiger partial charge in [0.25, 0.3) is 11.6 Å². The molecule has 0 heterocycles. The van der Waals surface area contributed by atoms with Crippen LogP contribution in [0.1, 0.15) is 21.5 Å². The second-order valence-electron chi connectivity index (χ2n) is 4.50. The van der Waals surface area contributed by atoms with E-state index in [0.717, 1.165) is 5.56 Å². The first-order valence-corrected chi connectivity index (χ1v) is 6.64. The van der Waals surface area contributed by atoms with E-state index in [1.165, 1.54) is 6.07 Å². The normalized spacial score (nSPS) is 10.2. The number of nitrogens with one attached hydrogen (secondary N) is 1. The monoisotopic (exact) mass is 304 g/mol. The van der Waals surface area contributed by atoms with Crippen molar-refractivity contribution in [1.29, 1.82) is 0 Å². The Kier molecular flexibility index (Phi) is 4.55. The van der Waals surface area contributed by atoms with Crippen LogP contribution in [-0.4, -0.2) is 10.8 Å². The molecule has 0 saturated heterocycles. The molecule has 0 saturated carbocycles. The molecule has 1 amide bonds. The summed E-state index contributed by atoms with van der Waals surface area (Å²) in [7, 11) is 0. The van der Waals surface area contributed by atoms with Gasteiger partial charge in [0.1, 0.15) is 5.56 Å². The van der Waals surface area contributed by atoms with Crippen LogP contribution < -0.4 is 5.32 Å². The number of para-hydroxylation sites is 1. The van der Waals surface area contributed by atoms with E-state index in [-0.39, 0.29) is 17.8 Å². The molecular weight excluding hydrogens is 292 g/mol. The molecular formula is C15H13ClN2O3. The number of halogens is 1. The lowest BCUT2D eigenvalue weighted by atomic mass is 10.1. The molecule has 0 fully saturated rings. The summed E-state index contributed by atoms with van der Waals surface area (Å²) >= 11 is 6.00. The van der Waals surface area contributed by atoms with Crippen molar-refractivity contribution < 1.29 is 9.72 Å². The Bertz CT molecular complexity index is 701. The van der Waals surface area contributed by atoms with E-state index in [1.54, 1.807) is 37.3 Å². The summed E-state index contributed by atoms with van der Waals surface area (Å²) in [6.45, 7) is 1.81. The number of carbonyl (C=O) groups is 1. The van der Waals surface area contributed by atoms with Crippen LogP contribution in [0.4, 0.5) is 5.69 Å². The van der Waals surface area contributed by atoms with Gasteiger partial charge in [-0.3, -0.25) is 14.9 Å². The summed E-state index contributed by atoms with van der Waals surface area (Å²) < 4.78 is 0. The Morgan fingerprint density at radius 3 is 2.62 bits per heavy atom. The van der Waals surface area contributed by atoms with Crippen LogP contribution in [0.5, 0.6) is 0 Å². The van der Waals surface area contributed by atoms with Gasteiger partial charge >= 0.3 is 0 Å². The minimum absolute atomic E-state index is 0.0482. The van der Waals surface area contributed by atoms with Gasteiger partial charge in [-0.05, 0) is 24.6 Å². The van der Waals surface area contributed by atoms with E-state index in [1.807, 2.05) is 6.07 Å². The summed E-state index contributed by atoms with van der Waals surface area (Å²) in [4.78, 5) is 22.7. The van der Waals surface area contributed by atoms with Crippen LogP contribution in [0.25, 0.3) is 0 Å². The Morgan fingerprint density at radius 2 is 1.95 bits per heavy atom. The van der Waals surface area contributed by atoms with Gasteiger partial charge in [-0.15, -0.1) is 0 Å². The van der Waals surface area contributed by atoms with Crippen molar-refractivity contribution in [3.8, 4) is 0 Å². The number of amides is 1. The first-order valence-electron chi connectivity index (χ1n) is 6.26. The van der Waals surface area contributed by atoms with Gasteiger partial charge in [0, 0.05) is 17.1 Å². The predicted octanol–water partition coefficient (Wildman–Crippen LogP) is 3.49. The number of rotatable bonds is 4. The SMILES string of the molecule is Cc1cccc(C(=O)NCc2ccccc2Cl)c1[N+](=O)[O-]. The molecule has 1 N–H and O–H groups in total. The standard InChI is InChI=1S/C15H13ClN2O3/c1-10-5-4-7-12(14(10)18(20)21)15(19)17-9-11-6-2-3-8-13(11)16/h2-8H,9H2,1H3,(H,17,19). The fraction of sp³-hybridized carbons (Fsp3) is 0.133. The molecule has 0 aliphatic rings. The van der Waals surface area contributed by atoms with Crippen LogP contribution >= 0.6 is 11.6 Å². The Hall–Kier alpha value is -2.40. The minimum Gasteiger partial charge on any atom is -0.348 e. The van der Waals surface area contributed by atoms with Gasteiger partial charge in [-0.25, -0.2) is 0 Å². The van der Waals surface area contributed by atoms with Gasteiger partial charge in [0.05, 0.1) is 4.92 Å². The topological polar surface area (TPSA) is 72.2 Å². The van der Waals surface area contributed by atoms with E-state index < -0.39 is 10.8 Å². The largest absolute Gasteiger partial charge is 0.348 e. The fourth-order valence-electron chi connectivity index (χ4n) is 2.00. The van der Waals surface area contributed by atoms with Crippen molar-refractivity contribution in [2.75, 3.05) is 0 Å². The van der Waals surface area contributed by atoms with Crippen molar-refractivity contribution in [3.63, 3.8) is 0 Å². The van der Waals surface area contributed by atoms with Crippen LogP contribution in [0, 0.1) is 17.0 Å². The van der Waals surface area contributed by atoms with E-state index in [2.05, 4.69) is 5.32 Å². The summed E-state index contributed by atoms with van der Waals surface area (Å²) in [5.74, 6) is -0.495. The molecule has 0 bridgehead atoms. The Labute approximate surface area is 126 Å². The number of nitro benzene ring substituents is 1. The number of hydrogen-bond donors (Lipinski definition) is 1. The van der Waals surface area contributed by atoms with Gasteiger partial charge in [0.15, 0.2) is 0 Å². The second kappa shape index (κ2) is 6.37. The Balaban J connectivity index is 2.20. The molecule has 0 radical (unpaired) electrons. The number of nitro groups is 1. The van der Waals surface area contributed by atoms with Crippen molar-refractivity contribution in [2.24, 2.45) is 0 Å². The first-order chi connectivity index (χ1) is 10.0. The Morgan fingerprint density at radius 1 is 1.24 bits per heavy atom. The summed E-state index contributed by atoms with van der Waals surface area (Å²) in [5.41, 5.74) is 1.08. The lowest BCUT2D eigenvalue weighted by Crippen LogP contribution is -2.24. The van der Waals surface area contributed by atoms with E-state index in [4.69, 9.17) is 11.6 Å². The summed E-state index contributed by atoms with van der Waals surface area (Å²) in [6, 6.07) is 11.8. The number of nitrogens with zero attached hydrogens (tertiary/aromatic N) is 1. The molecule has 0 aromatic heterocycles. The van der Waals surface area contributed by atoms with Crippen molar-refractivity contribution in [2.45, 2.75) is 13.5 Å². The maximum absolute atomic E-state index is 12.1. The van der Waals surface area contributed by atoms with Gasteiger partial charge in [0.2, 0.25) is 0 Å². The minimum atomic E-state index is -0.542. The van der Waals surface area contributed by atoms with E-state index in [9.17, 15) is 14.9 Å². The number of carbonyl (C=O) groups excluding carboxylic acids is 1. The molecule has 6 heteroatoms. The van der Waals surface area contributed by atoms with Crippen molar-refractivity contribution in [1.82, 2.24) is 5.32 Å². The highest BCUT2D eigenvalue weighted by Gasteiger charge is 2.22. The van der Waals surface area contributed by atoms with Crippen molar-refractivity contribution in [3.05, 3.63) is 74.3 Å². The lowest BCUT2D eigenvalue weighted by molar-refractivity contribution is -0.385. The third kappa shape index (κ3) is 3.38. The molecule has 0 unspecified atom stereocenters. The maximum atomic E-state index is 12.1. The summed E-state index contributed by atoms with van der Waals surface area (Å²) in [5, 5.41) is 14.3. The molecule has 2 aromatic carbocycles. The maximum Gasteiger partial charge on any atom is 0.285 e. The smallest absolute Gasteiger partial charge is 0.285 e. The van der Waals surface area contributed by atoms with Crippen LogP contribution in [0.15, 0.2) is 42.5 Å². The third-order valence-corrected chi connectivity index (χ3v) is 3.43. The highest BCUT2D eigenvalue weighted by atomic mass is 35.5. The molecule has 108 valence electrons. The molecule has 0 atom stereocenters. The number of hydrogen-bond acceptors (Lipinski definition) is 3. The third-order valence-electron chi connectivity index (χ3n) is 3.06. The highest BCUT2D eigenvalue weighted by molar-refractivity contribution is 6.31. The number of aryl methyl sites for hydroxylation is 1. The van der Waals surface area contributed by atoms with Crippen LogP contribution in [-0.2, 0) is 6.54 Å². The summed E-state index contributed by atoms with van der Waals surface area (Å²) in [6.07, 6.45) is 0. The first kappa shape index (κ1) is 15.0. The van der Waals surface area contributed by atoms with E-state index in [0.29, 0.717) is 10.6 Å².